The number of carbonyl (C=O) groups excluding carboxylic acids is 1. The largest absolute Gasteiger partial charge is 0.496 e. The maximum absolute atomic E-state index is 12.9. The van der Waals surface area contributed by atoms with Crippen LogP contribution in [0.1, 0.15) is 42.6 Å². The fourth-order valence-corrected chi connectivity index (χ4v) is 4.19. The van der Waals surface area contributed by atoms with Crippen molar-refractivity contribution in [2.75, 3.05) is 32.0 Å². The molecule has 1 heterocycles. The summed E-state index contributed by atoms with van der Waals surface area (Å²) >= 11 is 0. The highest BCUT2D eigenvalue weighted by Crippen LogP contribution is 2.41. The molecule has 7 heteroatoms. The van der Waals surface area contributed by atoms with E-state index in [9.17, 15) is 4.79 Å². The molecule has 0 unspecified atom stereocenters. The normalized spacial score (nSPS) is 14.3. The summed E-state index contributed by atoms with van der Waals surface area (Å²) in [6, 6.07) is 11.9. The predicted molar refractivity (Wildman–Crippen MR) is 123 cm³/mol. The summed E-state index contributed by atoms with van der Waals surface area (Å²) in [5, 5.41) is 7.28. The number of H-pyrrole nitrogens is 1. The van der Waals surface area contributed by atoms with Crippen molar-refractivity contribution in [2.24, 2.45) is 0 Å². The third kappa shape index (κ3) is 4.40. The van der Waals surface area contributed by atoms with Gasteiger partial charge in [-0.25, -0.2) is 0 Å². The molecule has 1 aliphatic rings. The first-order chi connectivity index (χ1) is 15.1. The second-order valence-corrected chi connectivity index (χ2v) is 7.80. The van der Waals surface area contributed by atoms with Crippen molar-refractivity contribution in [1.82, 2.24) is 4.98 Å². The number of aromatic nitrogens is 1. The second kappa shape index (κ2) is 9.20. The molecule has 0 atom stereocenters. The highest BCUT2D eigenvalue weighted by atomic mass is 16.5. The predicted octanol–water partition coefficient (Wildman–Crippen LogP) is 5.19. The molecule has 4 rings (SSSR count). The first kappa shape index (κ1) is 20.9. The van der Waals surface area contributed by atoms with Crippen LogP contribution in [0.15, 0.2) is 36.4 Å². The van der Waals surface area contributed by atoms with Gasteiger partial charge in [0.2, 0.25) is 0 Å². The summed E-state index contributed by atoms with van der Waals surface area (Å²) < 4.78 is 16.3. The van der Waals surface area contributed by atoms with Crippen molar-refractivity contribution >= 4 is 28.2 Å². The molecule has 164 valence electrons. The number of fused-ring (bicyclic) bond motifs is 1. The van der Waals surface area contributed by atoms with Crippen molar-refractivity contribution in [2.45, 2.75) is 38.1 Å². The molecule has 1 aromatic heterocycles. The van der Waals surface area contributed by atoms with Gasteiger partial charge in [-0.1, -0.05) is 19.3 Å². The summed E-state index contributed by atoms with van der Waals surface area (Å²) in [6.07, 6.45) is 6.35. The molecular weight excluding hydrogens is 394 g/mol. The van der Waals surface area contributed by atoms with Gasteiger partial charge in [-0.2, -0.15) is 0 Å². The molecule has 7 nitrogen and oxygen atoms in total. The maximum Gasteiger partial charge on any atom is 0.272 e. The lowest BCUT2D eigenvalue weighted by Crippen LogP contribution is -2.22. The van der Waals surface area contributed by atoms with Crippen LogP contribution >= 0.6 is 0 Å². The van der Waals surface area contributed by atoms with E-state index in [1.807, 2.05) is 24.3 Å². The van der Waals surface area contributed by atoms with E-state index in [1.54, 1.807) is 33.5 Å². The van der Waals surface area contributed by atoms with Gasteiger partial charge in [-0.15, -0.1) is 0 Å². The number of nitrogens with one attached hydrogen (secondary N) is 3. The summed E-state index contributed by atoms with van der Waals surface area (Å²) in [4.78, 5) is 16.0. The topological polar surface area (TPSA) is 84.6 Å². The minimum absolute atomic E-state index is 0.243. The fraction of sp³-hybridized carbons (Fsp3) is 0.375. The molecule has 0 radical (unpaired) electrons. The zero-order valence-electron chi connectivity index (χ0n) is 18.2. The van der Waals surface area contributed by atoms with Crippen molar-refractivity contribution in [1.29, 1.82) is 0 Å². The van der Waals surface area contributed by atoms with E-state index >= 15 is 0 Å². The van der Waals surface area contributed by atoms with Gasteiger partial charge in [0.05, 0.1) is 26.8 Å². The van der Waals surface area contributed by atoms with Crippen LogP contribution in [-0.2, 0) is 0 Å². The number of anilines is 2. The molecule has 2 aromatic carbocycles. The van der Waals surface area contributed by atoms with Gasteiger partial charge >= 0.3 is 0 Å². The van der Waals surface area contributed by atoms with Crippen molar-refractivity contribution in [3.05, 3.63) is 42.1 Å². The third-order valence-corrected chi connectivity index (χ3v) is 5.80. The van der Waals surface area contributed by atoms with Crippen LogP contribution in [0.5, 0.6) is 17.2 Å². The molecule has 31 heavy (non-hydrogen) atoms. The van der Waals surface area contributed by atoms with Gasteiger partial charge in [0, 0.05) is 28.9 Å². The Morgan fingerprint density at radius 1 is 0.903 bits per heavy atom. The maximum atomic E-state index is 12.9. The van der Waals surface area contributed by atoms with E-state index < -0.39 is 0 Å². The minimum Gasteiger partial charge on any atom is -0.496 e. The van der Waals surface area contributed by atoms with E-state index in [1.165, 1.54) is 32.1 Å². The Morgan fingerprint density at radius 2 is 1.58 bits per heavy atom. The average molecular weight is 424 g/mol. The molecule has 1 saturated carbocycles. The Balaban J connectivity index is 1.51. The number of benzene rings is 2. The summed E-state index contributed by atoms with van der Waals surface area (Å²) in [5.41, 5.74) is 2.87. The number of rotatable bonds is 7. The van der Waals surface area contributed by atoms with E-state index in [2.05, 4.69) is 15.6 Å². The lowest BCUT2D eigenvalue weighted by Gasteiger charge is -2.23. The summed E-state index contributed by atoms with van der Waals surface area (Å²) in [6.45, 7) is 0. The minimum atomic E-state index is -0.243. The smallest absolute Gasteiger partial charge is 0.272 e. The first-order valence-corrected chi connectivity index (χ1v) is 10.6. The van der Waals surface area contributed by atoms with Crippen LogP contribution in [0.3, 0.4) is 0 Å². The van der Waals surface area contributed by atoms with Crippen LogP contribution in [0.4, 0.5) is 11.4 Å². The highest BCUT2D eigenvalue weighted by Gasteiger charge is 2.20. The van der Waals surface area contributed by atoms with Crippen LogP contribution in [0.25, 0.3) is 10.9 Å². The van der Waals surface area contributed by atoms with Gasteiger partial charge in [-0.3, -0.25) is 4.79 Å². The monoisotopic (exact) mass is 423 g/mol. The van der Waals surface area contributed by atoms with E-state index in [0.29, 0.717) is 34.5 Å². The van der Waals surface area contributed by atoms with Crippen LogP contribution in [0, 0.1) is 0 Å². The van der Waals surface area contributed by atoms with Gasteiger partial charge in [0.25, 0.3) is 5.91 Å². The number of hydrogen-bond donors (Lipinski definition) is 3. The van der Waals surface area contributed by atoms with Crippen molar-refractivity contribution in [3.63, 3.8) is 0 Å². The molecule has 0 spiro atoms. The number of hydrogen-bond acceptors (Lipinski definition) is 5. The molecule has 3 N–H and O–H groups in total. The number of methoxy groups -OCH3 is 3. The SMILES string of the molecule is COc1cc(OC)c2cc(C(=O)Nc3ccc(NC4CCCCC4)cc3)[nH]c2c1OC. The molecule has 1 fully saturated rings. The summed E-state index contributed by atoms with van der Waals surface area (Å²) in [5.74, 6) is 1.41. The molecule has 0 bridgehead atoms. The molecule has 1 amide bonds. The Morgan fingerprint density at radius 3 is 2.23 bits per heavy atom. The Labute approximate surface area is 182 Å². The standard InChI is InChI=1S/C24H29N3O4/c1-29-20-14-21(30-2)23(31-3)22-18(20)13-19(27-22)24(28)26-17-11-9-16(10-12-17)25-15-7-5-4-6-8-15/h9-15,25,27H,4-8H2,1-3H3,(H,26,28). The summed E-state index contributed by atoms with van der Waals surface area (Å²) in [7, 11) is 4.70. The van der Waals surface area contributed by atoms with Gasteiger partial charge in [0.15, 0.2) is 11.5 Å². The van der Waals surface area contributed by atoms with Crippen LogP contribution < -0.4 is 24.8 Å². The lowest BCUT2D eigenvalue weighted by atomic mass is 9.95. The second-order valence-electron chi connectivity index (χ2n) is 7.80. The fourth-order valence-electron chi connectivity index (χ4n) is 4.19. The molecule has 3 aromatic rings. The van der Waals surface area contributed by atoms with Crippen LogP contribution in [-0.4, -0.2) is 38.3 Å². The van der Waals surface area contributed by atoms with Gasteiger partial charge < -0.3 is 29.8 Å². The Hall–Kier alpha value is -3.35. The number of amides is 1. The van der Waals surface area contributed by atoms with E-state index in [-0.39, 0.29) is 5.91 Å². The van der Waals surface area contributed by atoms with E-state index in [4.69, 9.17) is 14.2 Å². The average Bonchev–Trinajstić information content (AvgIpc) is 3.25. The van der Waals surface area contributed by atoms with Crippen LogP contribution in [0.2, 0.25) is 0 Å². The quantitative estimate of drug-likeness (QED) is 0.487. The molecule has 0 aliphatic heterocycles. The number of ether oxygens (including phenoxy) is 3. The van der Waals surface area contributed by atoms with Crippen molar-refractivity contribution in [3.8, 4) is 17.2 Å². The first-order valence-electron chi connectivity index (χ1n) is 10.6. The lowest BCUT2D eigenvalue weighted by molar-refractivity contribution is 0.102. The zero-order chi connectivity index (χ0) is 21.8. The highest BCUT2D eigenvalue weighted by molar-refractivity contribution is 6.08. The third-order valence-electron chi connectivity index (χ3n) is 5.80. The Kier molecular flexibility index (Phi) is 6.21. The van der Waals surface area contributed by atoms with Gasteiger partial charge in [-0.05, 0) is 43.2 Å². The number of carbonyl (C=O) groups is 1. The number of aromatic amines is 1. The molecule has 0 saturated heterocycles. The Bertz CT molecular complexity index is 1050. The van der Waals surface area contributed by atoms with E-state index in [0.717, 1.165) is 16.8 Å². The van der Waals surface area contributed by atoms with Gasteiger partial charge in [0.1, 0.15) is 11.4 Å². The molecule has 1 aliphatic carbocycles. The zero-order valence-corrected chi connectivity index (χ0v) is 18.2. The van der Waals surface area contributed by atoms with Crippen molar-refractivity contribution < 1.29 is 19.0 Å². The molecular formula is C24H29N3O4.